The van der Waals surface area contributed by atoms with Gasteiger partial charge in [0.25, 0.3) is 0 Å². The molecule has 0 atom stereocenters. The average molecular weight is 674 g/mol. The van der Waals surface area contributed by atoms with Crippen molar-refractivity contribution in [2.45, 2.75) is 0 Å². The van der Waals surface area contributed by atoms with E-state index in [1.807, 2.05) is 23.5 Å². The van der Waals surface area contributed by atoms with Crippen LogP contribution in [0.15, 0.2) is 144 Å². The van der Waals surface area contributed by atoms with Crippen molar-refractivity contribution in [2.24, 2.45) is 0 Å². The molecular formula is C44H23N3OS2. The largest absolute Gasteiger partial charge is 0.455 e. The Bertz CT molecular complexity index is 3400. The minimum atomic E-state index is 0.651. The van der Waals surface area contributed by atoms with Crippen molar-refractivity contribution in [3.63, 3.8) is 0 Å². The number of fused-ring (bicyclic) bond motifs is 14. The summed E-state index contributed by atoms with van der Waals surface area (Å²) in [5.41, 5.74) is 6.70. The lowest BCUT2D eigenvalue weighted by molar-refractivity contribution is 0.670. The minimum Gasteiger partial charge on any atom is -0.455 e. The standard InChI is InChI=1S/C44H23N3OS2/c1-5-16-34-25(10-1)33-22-24-20-21-29-27-12-3-7-18-37(27)49-42(29)32(24)23-35(33)47(34)44-45-39-30-13-4-8-19-38(30)50-43(39)40(46-44)31-15-9-14-28-26-11-2-6-17-36(26)48-41(28)31/h1-23H. The van der Waals surface area contributed by atoms with Crippen LogP contribution in [0.1, 0.15) is 0 Å². The van der Waals surface area contributed by atoms with Crippen molar-refractivity contribution >= 4 is 118 Å². The molecule has 0 saturated heterocycles. The highest BCUT2D eigenvalue weighted by atomic mass is 32.1. The van der Waals surface area contributed by atoms with Gasteiger partial charge in [0.05, 0.1) is 26.9 Å². The molecule has 6 heteroatoms. The van der Waals surface area contributed by atoms with Crippen molar-refractivity contribution in [3.05, 3.63) is 140 Å². The first-order chi connectivity index (χ1) is 24.8. The summed E-state index contributed by atoms with van der Waals surface area (Å²) in [5.74, 6) is 0.651. The second-order valence-electron chi connectivity index (χ2n) is 12.9. The second-order valence-corrected chi connectivity index (χ2v) is 15.0. The van der Waals surface area contributed by atoms with Crippen LogP contribution >= 0.6 is 22.7 Å². The molecule has 4 nitrogen and oxygen atoms in total. The zero-order valence-electron chi connectivity index (χ0n) is 26.3. The number of nitrogens with zero attached hydrogens (tertiary/aromatic N) is 3. The van der Waals surface area contributed by atoms with Crippen LogP contribution in [0.3, 0.4) is 0 Å². The van der Waals surface area contributed by atoms with E-state index >= 15 is 0 Å². The molecule has 0 bridgehead atoms. The maximum absolute atomic E-state index is 6.58. The van der Waals surface area contributed by atoms with Crippen LogP contribution in [0, 0.1) is 0 Å². The van der Waals surface area contributed by atoms with Gasteiger partial charge in [-0.1, -0.05) is 97.1 Å². The lowest BCUT2D eigenvalue weighted by Gasteiger charge is -2.11. The molecule has 7 aromatic carbocycles. The maximum Gasteiger partial charge on any atom is 0.235 e. The molecule has 12 rings (SSSR count). The normalized spacial score (nSPS) is 12.4. The Hall–Kier alpha value is -6.08. The van der Waals surface area contributed by atoms with Gasteiger partial charge in [0.15, 0.2) is 0 Å². The van der Waals surface area contributed by atoms with E-state index in [2.05, 4.69) is 132 Å². The van der Waals surface area contributed by atoms with Crippen LogP contribution in [0.2, 0.25) is 0 Å². The molecule has 5 aromatic heterocycles. The molecule has 0 radical (unpaired) electrons. The van der Waals surface area contributed by atoms with E-state index < -0.39 is 0 Å². The third kappa shape index (κ3) is 3.53. The van der Waals surface area contributed by atoms with Crippen LogP contribution < -0.4 is 0 Å². The summed E-state index contributed by atoms with van der Waals surface area (Å²) in [6, 6.07) is 49.8. The first-order valence-corrected chi connectivity index (χ1v) is 18.3. The van der Waals surface area contributed by atoms with Crippen molar-refractivity contribution < 1.29 is 4.42 Å². The van der Waals surface area contributed by atoms with E-state index in [0.717, 1.165) is 59.8 Å². The fourth-order valence-corrected chi connectivity index (χ4v) is 10.4. The predicted octanol–water partition coefficient (Wildman–Crippen LogP) is 13.0. The van der Waals surface area contributed by atoms with Gasteiger partial charge in [-0.15, -0.1) is 22.7 Å². The van der Waals surface area contributed by atoms with Gasteiger partial charge in [-0.05, 0) is 47.9 Å². The monoisotopic (exact) mass is 673 g/mol. The first-order valence-electron chi connectivity index (χ1n) is 16.7. The van der Waals surface area contributed by atoms with Gasteiger partial charge in [0.1, 0.15) is 11.2 Å². The summed E-state index contributed by atoms with van der Waals surface area (Å²) in [6.45, 7) is 0. The zero-order chi connectivity index (χ0) is 32.5. The lowest BCUT2D eigenvalue weighted by Crippen LogP contribution is -2.02. The molecule has 0 spiro atoms. The van der Waals surface area contributed by atoms with Crippen molar-refractivity contribution in [3.8, 4) is 17.2 Å². The molecule has 5 heterocycles. The van der Waals surface area contributed by atoms with E-state index in [1.165, 1.54) is 46.4 Å². The Morgan fingerprint density at radius 1 is 0.480 bits per heavy atom. The van der Waals surface area contributed by atoms with Gasteiger partial charge in [0, 0.05) is 62.8 Å². The van der Waals surface area contributed by atoms with E-state index in [-0.39, 0.29) is 0 Å². The average Bonchev–Trinajstić information content (AvgIpc) is 3.92. The van der Waals surface area contributed by atoms with Crippen LogP contribution in [0.25, 0.3) is 112 Å². The Balaban J connectivity index is 1.23. The molecule has 50 heavy (non-hydrogen) atoms. The Labute approximate surface area is 292 Å². The van der Waals surface area contributed by atoms with Crippen LogP contribution in [-0.4, -0.2) is 14.5 Å². The molecule has 0 saturated carbocycles. The fraction of sp³-hybridized carbons (Fsp3) is 0. The van der Waals surface area contributed by atoms with Crippen molar-refractivity contribution in [1.82, 2.24) is 14.5 Å². The molecular weight excluding hydrogens is 651 g/mol. The van der Waals surface area contributed by atoms with E-state index in [9.17, 15) is 0 Å². The third-order valence-electron chi connectivity index (χ3n) is 10.2. The van der Waals surface area contributed by atoms with E-state index in [0.29, 0.717) is 5.95 Å². The fourth-order valence-electron chi connectivity index (χ4n) is 7.98. The SMILES string of the molecule is c1ccc2c(c1)oc1c(-c3nc(-n4c5ccccc5c5cc6ccc7c8ccccc8sc7c6cc54)nc4c3sc3ccccc34)cccc12. The first kappa shape index (κ1) is 26.8. The van der Waals surface area contributed by atoms with Gasteiger partial charge in [-0.3, -0.25) is 4.57 Å². The molecule has 0 N–H and O–H groups in total. The second kappa shape index (κ2) is 9.76. The van der Waals surface area contributed by atoms with Gasteiger partial charge in [-0.25, -0.2) is 9.97 Å². The molecule has 0 aliphatic carbocycles. The Morgan fingerprint density at radius 3 is 2.10 bits per heavy atom. The van der Waals surface area contributed by atoms with Crippen LogP contribution in [-0.2, 0) is 0 Å². The van der Waals surface area contributed by atoms with E-state index in [1.54, 1.807) is 11.3 Å². The summed E-state index contributed by atoms with van der Waals surface area (Å²) in [7, 11) is 0. The number of benzene rings is 7. The summed E-state index contributed by atoms with van der Waals surface area (Å²) in [4.78, 5) is 10.9. The molecule has 0 aliphatic rings. The van der Waals surface area contributed by atoms with E-state index in [4.69, 9.17) is 14.4 Å². The highest BCUT2D eigenvalue weighted by molar-refractivity contribution is 7.27. The van der Waals surface area contributed by atoms with Gasteiger partial charge in [0.2, 0.25) is 5.95 Å². The molecule has 0 unspecified atom stereocenters. The third-order valence-corrected chi connectivity index (χ3v) is 12.6. The molecule has 0 amide bonds. The molecule has 232 valence electrons. The number of hydrogen-bond donors (Lipinski definition) is 0. The molecule has 12 aromatic rings. The highest BCUT2D eigenvalue weighted by Crippen LogP contribution is 2.45. The van der Waals surface area contributed by atoms with Crippen molar-refractivity contribution in [2.75, 3.05) is 0 Å². The number of aromatic nitrogens is 3. The van der Waals surface area contributed by atoms with Gasteiger partial charge in [-0.2, -0.15) is 0 Å². The number of thiophene rings is 2. The lowest BCUT2D eigenvalue weighted by atomic mass is 10.0. The predicted molar refractivity (Wildman–Crippen MR) is 212 cm³/mol. The quantitative estimate of drug-likeness (QED) is 0.183. The number of hydrogen-bond acceptors (Lipinski definition) is 5. The minimum absolute atomic E-state index is 0.651. The van der Waals surface area contributed by atoms with Crippen LogP contribution in [0.5, 0.6) is 0 Å². The highest BCUT2D eigenvalue weighted by Gasteiger charge is 2.23. The molecule has 0 aliphatic heterocycles. The van der Waals surface area contributed by atoms with Gasteiger partial charge >= 0.3 is 0 Å². The number of furan rings is 1. The smallest absolute Gasteiger partial charge is 0.235 e. The van der Waals surface area contributed by atoms with Gasteiger partial charge < -0.3 is 4.42 Å². The Morgan fingerprint density at radius 2 is 1.20 bits per heavy atom. The summed E-state index contributed by atoms with van der Waals surface area (Å²) in [6.07, 6.45) is 0. The number of para-hydroxylation sites is 3. The van der Waals surface area contributed by atoms with Crippen LogP contribution in [0.4, 0.5) is 0 Å². The molecule has 0 fully saturated rings. The Kier molecular flexibility index (Phi) is 5.23. The summed E-state index contributed by atoms with van der Waals surface area (Å²) in [5, 5.41) is 10.8. The number of rotatable bonds is 2. The topological polar surface area (TPSA) is 43.9 Å². The summed E-state index contributed by atoms with van der Waals surface area (Å²) >= 11 is 3.61. The maximum atomic E-state index is 6.58. The summed E-state index contributed by atoms with van der Waals surface area (Å²) < 4.78 is 13.7. The zero-order valence-corrected chi connectivity index (χ0v) is 28.0. The van der Waals surface area contributed by atoms with Crippen molar-refractivity contribution in [1.29, 1.82) is 0 Å².